The summed E-state index contributed by atoms with van der Waals surface area (Å²) >= 11 is 1.62. The molecule has 4 nitrogen and oxygen atoms in total. The van der Waals surface area contributed by atoms with Gasteiger partial charge in [-0.2, -0.15) is 0 Å². The summed E-state index contributed by atoms with van der Waals surface area (Å²) in [5.74, 6) is 0.716. The van der Waals surface area contributed by atoms with E-state index in [0.29, 0.717) is 13.0 Å². The molecule has 0 atom stereocenters. The fraction of sp³-hybridized carbons (Fsp3) is 0.176. The minimum Gasteiger partial charge on any atom is -0.493 e. The van der Waals surface area contributed by atoms with Crippen LogP contribution in [0, 0.1) is 6.92 Å². The molecule has 0 bridgehead atoms. The normalized spacial score (nSPS) is 10.6. The van der Waals surface area contributed by atoms with Crippen molar-refractivity contribution in [3.63, 3.8) is 0 Å². The fourth-order valence-electron chi connectivity index (χ4n) is 2.12. The second-order valence-corrected chi connectivity index (χ2v) is 6.11. The van der Waals surface area contributed by atoms with Gasteiger partial charge in [0.2, 0.25) is 5.91 Å². The topological polar surface area (TPSA) is 51.2 Å². The zero-order valence-corrected chi connectivity index (χ0v) is 13.0. The van der Waals surface area contributed by atoms with Crippen LogP contribution in [0.3, 0.4) is 0 Å². The first kappa shape index (κ1) is 14.5. The smallest absolute Gasteiger partial charge is 0.227 e. The molecule has 0 fully saturated rings. The summed E-state index contributed by atoms with van der Waals surface area (Å²) in [5.41, 5.74) is 1.76. The lowest BCUT2D eigenvalue weighted by Gasteiger charge is -2.07. The van der Waals surface area contributed by atoms with E-state index in [1.165, 1.54) is 0 Å². The van der Waals surface area contributed by atoms with E-state index < -0.39 is 0 Å². The van der Waals surface area contributed by atoms with E-state index in [1.54, 1.807) is 11.3 Å². The van der Waals surface area contributed by atoms with E-state index in [2.05, 4.69) is 10.3 Å². The molecular weight excluding hydrogens is 296 g/mol. The molecule has 112 valence electrons. The van der Waals surface area contributed by atoms with E-state index in [9.17, 15) is 4.79 Å². The van der Waals surface area contributed by atoms with Gasteiger partial charge in [0.25, 0.3) is 0 Å². The highest BCUT2D eigenvalue weighted by Crippen LogP contribution is 2.24. The Bertz CT molecular complexity index is 784. The summed E-state index contributed by atoms with van der Waals surface area (Å²) in [6.45, 7) is 2.33. The third-order valence-corrected chi connectivity index (χ3v) is 4.05. The van der Waals surface area contributed by atoms with Crippen LogP contribution in [0.2, 0.25) is 0 Å². The maximum atomic E-state index is 11.9. The SMILES string of the molecule is Cc1nc2ccc(NC(=O)CCOc3ccccc3)cc2s1. The number of hydrogen-bond acceptors (Lipinski definition) is 4. The van der Waals surface area contributed by atoms with Crippen molar-refractivity contribution in [2.75, 3.05) is 11.9 Å². The van der Waals surface area contributed by atoms with Gasteiger partial charge in [-0.05, 0) is 37.3 Å². The number of benzene rings is 2. The first-order chi connectivity index (χ1) is 10.7. The lowest BCUT2D eigenvalue weighted by molar-refractivity contribution is -0.116. The molecule has 0 saturated heterocycles. The molecule has 5 heteroatoms. The van der Waals surface area contributed by atoms with Gasteiger partial charge < -0.3 is 10.1 Å². The van der Waals surface area contributed by atoms with Crippen LogP contribution < -0.4 is 10.1 Å². The van der Waals surface area contributed by atoms with Gasteiger partial charge in [0, 0.05) is 5.69 Å². The molecule has 0 unspecified atom stereocenters. The average Bonchev–Trinajstić information content (AvgIpc) is 2.87. The second kappa shape index (κ2) is 6.58. The van der Waals surface area contributed by atoms with Gasteiger partial charge in [0.05, 0.1) is 28.3 Å². The van der Waals surface area contributed by atoms with Gasteiger partial charge in [-0.3, -0.25) is 4.79 Å². The standard InChI is InChI=1S/C17H16N2O2S/c1-12-18-15-8-7-13(11-16(15)22-12)19-17(20)9-10-21-14-5-3-2-4-6-14/h2-8,11H,9-10H2,1H3,(H,19,20). The molecule has 22 heavy (non-hydrogen) atoms. The molecule has 0 spiro atoms. The summed E-state index contributed by atoms with van der Waals surface area (Å²) in [7, 11) is 0. The number of fused-ring (bicyclic) bond motifs is 1. The Morgan fingerprint density at radius 2 is 2.05 bits per heavy atom. The summed E-state index contributed by atoms with van der Waals surface area (Å²) in [6, 6.07) is 15.2. The fourth-order valence-corrected chi connectivity index (χ4v) is 2.99. The molecular formula is C17H16N2O2S. The Labute approximate surface area is 132 Å². The molecule has 0 saturated carbocycles. The number of para-hydroxylation sites is 1. The Morgan fingerprint density at radius 3 is 2.86 bits per heavy atom. The number of nitrogens with zero attached hydrogens (tertiary/aromatic N) is 1. The summed E-state index contributed by atoms with van der Waals surface area (Å²) in [5, 5.41) is 3.91. The number of thiazole rings is 1. The molecule has 1 N–H and O–H groups in total. The average molecular weight is 312 g/mol. The monoisotopic (exact) mass is 312 g/mol. The quantitative estimate of drug-likeness (QED) is 0.774. The van der Waals surface area contributed by atoms with Crippen molar-refractivity contribution < 1.29 is 9.53 Å². The first-order valence-corrected chi connectivity index (χ1v) is 7.87. The molecule has 2 aromatic carbocycles. The van der Waals surface area contributed by atoms with Crippen molar-refractivity contribution in [3.8, 4) is 5.75 Å². The highest BCUT2D eigenvalue weighted by molar-refractivity contribution is 7.18. The highest BCUT2D eigenvalue weighted by Gasteiger charge is 2.06. The molecule has 1 amide bonds. The number of ether oxygens (including phenoxy) is 1. The Balaban J connectivity index is 1.54. The van der Waals surface area contributed by atoms with Crippen molar-refractivity contribution in [1.82, 2.24) is 4.98 Å². The number of amides is 1. The first-order valence-electron chi connectivity index (χ1n) is 7.05. The van der Waals surface area contributed by atoms with Gasteiger partial charge in [-0.1, -0.05) is 18.2 Å². The zero-order chi connectivity index (χ0) is 15.4. The van der Waals surface area contributed by atoms with Crippen LogP contribution in [-0.4, -0.2) is 17.5 Å². The lowest BCUT2D eigenvalue weighted by atomic mass is 10.3. The molecule has 1 aromatic heterocycles. The minimum absolute atomic E-state index is 0.0588. The maximum absolute atomic E-state index is 11.9. The van der Waals surface area contributed by atoms with E-state index in [4.69, 9.17) is 4.74 Å². The summed E-state index contributed by atoms with van der Waals surface area (Å²) < 4.78 is 6.60. The number of anilines is 1. The van der Waals surface area contributed by atoms with E-state index in [1.807, 2.05) is 55.5 Å². The van der Waals surface area contributed by atoms with E-state index in [-0.39, 0.29) is 5.91 Å². The summed E-state index contributed by atoms with van der Waals surface area (Å²) in [4.78, 5) is 16.3. The van der Waals surface area contributed by atoms with Crippen molar-refractivity contribution >= 4 is 33.1 Å². The molecule has 0 radical (unpaired) electrons. The van der Waals surface area contributed by atoms with Gasteiger partial charge in [-0.25, -0.2) is 4.98 Å². The molecule has 3 rings (SSSR count). The predicted octanol–water partition coefficient (Wildman–Crippen LogP) is 4.01. The van der Waals surface area contributed by atoms with E-state index >= 15 is 0 Å². The van der Waals surface area contributed by atoms with Crippen LogP contribution in [0.15, 0.2) is 48.5 Å². The Hall–Kier alpha value is -2.40. The van der Waals surface area contributed by atoms with Gasteiger partial charge in [0.1, 0.15) is 5.75 Å². The Morgan fingerprint density at radius 1 is 1.23 bits per heavy atom. The number of nitrogens with one attached hydrogen (secondary N) is 1. The predicted molar refractivity (Wildman–Crippen MR) is 89.5 cm³/mol. The molecule has 0 aliphatic heterocycles. The largest absolute Gasteiger partial charge is 0.493 e. The van der Waals surface area contributed by atoms with Crippen LogP contribution in [0.5, 0.6) is 5.75 Å². The third-order valence-electron chi connectivity index (χ3n) is 3.12. The van der Waals surface area contributed by atoms with Gasteiger partial charge in [0.15, 0.2) is 0 Å². The summed E-state index contributed by atoms with van der Waals surface area (Å²) in [6.07, 6.45) is 0.314. The van der Waals surface area contributed by atoms with Crippen molar-refractivity contribution in [2.24, 2.45) is 0 Å². The van der Waals surface area contributed by atoms with Crippen LogP contribution in [0.25, 0.3) is 10.2 Å². The van der Waals surface area contributed by atoms with Crippen molar-refractivity contribution in [2.45, 2.75) is 13.3 Å². The van der Waals surface area contributed by atoms with Crippen LogP contribution in [-0.2, 0) is 4.79 Å². The number of aromatic nitrogens is 1. The maximum Gasteiger partial charge on any atom is 0.227 e. The highest BCUT2D eigenvalue weighted by atomic mass is 32.1. The Kier molecular flexibility index (Phi) is 4.34. The molecule has 3 aromatic rings. The van der Waals surface area contributed by atoms with Crippen molar-refractivity contribution in [3.05, 3.63) is 53.5 Å². The number of carbonyl (C=O) groups excluding carboxylic acids is 1. The van der Waals surface area contributed by atoms with Crippen LogP contribution >= 0.6 is 11.3 Å². The number of rotatable bonds is 5. The minimum atomic E-state index is -0.0588. The molecule has 0 aliphatic carbocycles. The van der Waals surface area contributed by atoms with Crippen LogP contribution in [0.4, 0.5) is 5.69 Å². The van der Waals surface area contributed by atoms with Crippen molar-refractivity contribution in [1.29, 1.82) is 0 Å². The molecule has 0 aliphatic rings. The zero-order valence-electron chi connectivity index (χ0n) is 12.2. The van der Waals surface area contributed by atoms with E-state index in [0.717, 1.165) is 26.7 Å². The van der Waals surface area contributed by atoms with Gasteiger partial charge >= 0.3 is 0 Å². The third kappa shape index (κ3) is 3.62. The molecule has 1 heterocycles. The second-order valence-electron chi connectivity index (χ2n) is 4.88. The lowest BCUT2D eigenvalue weighted by Crippen LogP contribution is -2.15. The van der Waals surface area contributed by atoms with Crippen LogP contribution in [0.1, 0.15) is 11.4 Å². The number of carbonyl (C=O) groups is 1. The van der Waals surface area contributed by atoms with Gasteiger partial charge in [-0.15, -0.1) is 11.3 Å². The number of hydrogen-bond donors (Lipinski definition) is 1. The number of aryl methyl sites for hydroxylation is 1.